The predicted octanol–water partition coefficient (Wildman–Crippen LogP) is 6.93. The van der Waals surface area contributed by atoms with Crippen LogP contribution in [-0.2, 0) is 4.79 Å². The van der Waals surface area contributed by atoms with Gasteiger partial charge in [-0.15, -0.1) is 0 Å². The molecule has 0 aromatic rings. The zero-order valence-electron chi connectivity index (χ0n) is 14.8. The number of unbranched alkanes of at least 4 members (excludes halogenated alkanes) is 16. The summed E-state index contributed by atoms with van der Waals surface area (Å²) in [5.41, 5.74) is 0. The van der Waals surface area contributed by atoms with E-state index in [1.165, 1.54) is 89.9 Å². The molecule has 0 heterocycles. The topological polar surface area (TPSA) is 37.3 Å². The smallest absolute Gasteiger partial charge is 0.303 e. The number of rotatable bonds is 18. The Hall–Kier alpha value is -0.530. The minimum atomic E-state index is -0.654. The molecule has 1 N–H and O–H groups in total. The van der Waals surface area contributed by atoms with Gasteiger partial charge in [-0.3, -0.25) is 4.79 Å². The van der Waals surface area contributed by atoms with Crippen molar-refractivity contribution in [2.75, 3.05) is 0 Å². The third-order valence-electron chi connectivity index (χ3n) is 4.39. The van der Waals surface area contributed by atoms with E-state index in [2.05, 4.69) is 6.92 Å². The van der Waals surface area contributed by atoms with Gasteiger partial charge in [0.05, 0.1) is 0 Å². The highest BCUT2D eigenvalue weighted by molar-refractivity contribution is 5.66. The van der Waals surface area contributed by atoms with Crippen molar-refractivity contribution in [1.29, 1.82) is 0 Å². The molecule has 0 aliphatic carbocycles. The normalized spacial score (nSPS) is 11.0. The Morgan fingerprint density at radius 3 is 1.09 bits per heavy atom. The number of hydrogen-bond donors (Lipinski definition) is 1. The van der Waals surface area contributed by atoms with Crippen molar-refractivity contribution in [3.63, 3.8) is 0 Å². The monoisotopic (exact) mass is 311 g/mol. The fourth-order valence-corrected chi connectivity index (χ4v) is 2.93. The number of hydrogen-bond acceptors (Lipinski definition) is 1. The SMILES string of the molecule is [CH2]CCCCCCCCCCCCCCCCCCC(=O)O. The second kappa shape index (κ2) is 18.5. The van der Waals surface area contributed by atoms with Gasteiger partial charge in [-0.25, -0.2) is 0 Å². The average Bonchev–Trinajstić information content (AvgIpc) is 2.50. The van der Waals surface area contributed by atoms with Gasteiger partial charge >= 0.3 is 5.97 Å². The summed E-state index contributed by atoms with van der Waals surface area (Å²) < 4.78 is 0. The van der Waals surface area contributed by atoms with Crippen LogP contribution in [-0.4, -0.2) is 11.1 Å². The minimum Gasteiger partial charge on any atom is -0.481 e. The molecule has 0 spiro atoms. The Balaban J connectivity index is 2.95. The Bertz CT molecular complexity index is 226. The number of aliphatic carboxylic acids is 1. The summed E-state index contributed by atoms with van der Waals surface area (Å²) in [4.78, 5) is 10.4. The van der Waals surface area contributed by atoms with Crippen molar-refractivity contribution in [3.05, 3.63) is 6.92 Å². The molecule has 0 aromatic heterocycles. The molecule has 0 atom stereocenters. The second-order valence-electron chi connectivity index (χ2n) is 6.65. The van der Waals surface area contributed by atoms with Gasteiger partial charge in [-0.1, -0.05) is 110 Å². The van der Waals surface area contributed by atoms with Gasteiger partial charge in [0.25, 0.3) is 0 Å². The zero-order chi connectivity index (χ0) is 16.3. The van der Waals surface area contributed by atoms with Gasteiger partial charge in [0.1, 0.15) is 0 Å². The van der Waals surface area contributed by atoms with Crippen molar-refractivity contribution < 1.29 is 9.90 Å². The number of carboxylic acids is 1. The van der Waals surface area contributed by atoms with Crippen molar-refractivity contribution >= 4 is 5.97 Å². The molecule has 0 saturated heterocycles. The standard InChI is InChI=1S/C20H39O2/c1-2-3-4-5-6-7-8-9-10-11-12-13-14-15-16-17-18-19-20(21)22/h1-19H2,(H,21,22). The van der Waals surface area contributed by atoms with Gasteiger partial charge < -0.3 is 5.11 Å². The van der Waals surface area contributed by atoms with E-state index in [4.69, 9.17) is 5.11 Å². The van der Waals surface area contributed by atoms with Gasteiger partial charge in [0, 0.05) is 6.42 Å². The first-order chi connectivity index (χ1) is 10.8. The van der Waals surface area contributed by atoms with Crippen LogP contribution in [0.4, 0.5) is 0 Å². The first-order valence-corrected chi connectivity index (χ1v) is 9.78. The van der Waals surface area contributed by atoms with Crippen molar-refractivity contribution in [2.24, 2.45) is 0 Å². The maximum atomic E-state index is 10.4. The first-order valence-electron chi connectivity index (χ1n) is 9.78. The Morgan fingerprint density at radius 2 is 0.818 bits per heavy atom. The van der Waals surface area contributed by atoms with E-state index in [9.17, 15) is 4.79 Å². The van der Waals surface area contributed by atoms with E-state index in [-0.39, 0.29) is 0 Å². The molecular formula is C20H39O2. The largest absolute Gasteiger partial charge is 0.481 e. The van der Waals surface area contributed by atoms with Crippen LogP contribution in [0, 0.1) is 6.92 Å². The van der Waals surface area contributed by atoms with Crippen LogP contribution >= 0.6 is 0 Å². The van der Waals surface area contributed by atoms with Crippen LogP contribution in [0.2, 0.25) is 0 Å². The van der Waals surface area contributed by atoms with Crippen molar-refractivity contribution in [1.82, 2.24) is 0 Å². The fourth-order valence-electron chi connectivity index (χ4n) is 2.93. The lowest BCUT2D eigenvalue weighted by molar-refractivity contribution is -0.137. The molecule has 0 unspecified atom stereocenters. The van der Waals surface area contributed by atoms with Crippen LogP contribution in [0.5, 0.6) is 0 Å². The molecule has 2 heteroatoms. The van der Waals surface area contributed by atoms with E-state index >= 15 is 0 Å². The van der Waals surface area contributed by atoms with Crippen molar-refractivity contribution in [2.45, 2.75) is 116 Å². The molecule has 0 aliphatic rings. The molecule has 0 saturated carbocycles. The predicted molar refractivity (Wildman–Crippen MR) is 96.1 cm³/mol. The molecule has 131 valence electrons. The van der Waals surface area contributed by atoms with Crippen LogP contribution < -0.4 is 0 Å². The Kier molecular flexibility index (Phi) is 18.1. The molecule has 0 rings (SSSR count). The van der Waals surface area contributed by atoms with Gasteiger partial charge in [0.15, 0.2) is 0 Å². The molecule has 0 aromatic carbocycles. The van der Waals surface area contributed by atoms with E-state index in [0.29, 0.717) is 6.42 Å². The summed E-state index contributed by atoms with van der Waals surface area (Å²) in [6.07, 6.45) is 22.5. The molecule has 0 bridgehead atoms. The summed E-state index contributed by atoms with van der Waals surface area (Å²) >= 11 is 0. The fraction of sp³-hybridized carbons (Fsp3) is 0.900. The Labute approximate surface area is 139 Å². The van der Waals surface area contributed by atoms with E-state index in [0.717, 1.165) is 19.3 Å². The third kappa shape index (κ3) is 19.5. The quantitative estimate of drug-likeness (QED) is 0.279. The highest BCUT2D eigenvalue weighted by Crippen LogP contribution is 2.14. The maximum absolute atomic E-state index is 10.4. The molecule has 2 nitrogen and oxygen atoms in total. The lowest BCUT2D eigenvalue weighted by Gasteiger charge is -2.03. The molecule has 0 aliphatic heterocycles. The first kappa shape index (κ1) is 21.5. The Morgan fingerprint density at radius 1 is 0.545 bits per heavy atom. The van der Waals surface area contributed by atoms with Crippen LogP contribution in [0.1, 0.15) is 116 Å². The third-order valence-corrected chi connectivity index (χ3v) is 4.39. The van der Waals surface area contributed by atoms with E-state index < -0.39 is 5.97 Å². The second-order valence-corrected chi connectivity index (χ2v) is 6.65. The van der Waals surface area contributed by atoms with Crippen LogP contribution in [0.15, 0.2) is 0 Å². The van der Waals surface area contributed by atoms with E-state index in [1.54, 1.807) is 0 Å². The summed E-state index contributed by atoms with van der Waals surface area (Å²) in [7, 11) is 0. The lowest BCUT2D eigenvalue weighted by atomic mass is 10.0. The average molecular weight is 312 g/mol. The summed E-state index contributed by atoms with van der Waals surface area (Å²) in [6.45, 7) is 3.88. The molecule has 1 radical (unpaired) electrons. The molecule has 22 heavy (non-hydrogen) atoms. The lowest BCUT2D eigenvalue weighted by Crippen LogP contribution is -1.93. The maximum Gasteiger partial charge on any atom is 0.303 e. The number of carboxylic acid groups (broad SMARTS) is 1. The van der Waals surface area contributed by atoms with Crippen LogP contribution in [0.3, 0.4) is 0 Å². The highest BCUT2D eigenvalue weighted by atomic mass is 16.4. The minimum absolute atomic E-state index is 0.343. The van der Waals surface area contributed by atoms with Crippen molar-refractivity contribution in [3.8, 4) is 0 Å². The molecule has 0 fully saturated rings. The molecular weight excluding hydrogens is 272 g/mol. The van der Waals surface area contributed by atoms with Gasteiger partial charge in [-0.2, -0.15) is 0 Å². The van der Waals surface area contributed by atoms with Crippen LogP contribution in [0.25, 0.3) is 0 Å². The van der Waals surface area contributed by atoms with E-state index in [1.807, 2.05) is 0 Å². The summed E-state index contributed by atoms with van der Waals surface area (Å²) in [5, 5.41) is 8.54. The number of carbonyl (C=O) groups is 1. The van der Waals surface area contributed by atoms with Gasteiger partial charge in [-0.05, 0) is 6.42 Å². The van der Waals surface area contributed by atoms with Gasteiger partial charge in [0.2, 0.25) is 0 Å². The molecule has 0 amide bonds. The summed E-state index contributed by atoms with van der Waals surface area (Å²) in [5.74, 6) is -0.654. The summed E-state index contributed by atoms with van der Waals surface area (Å²) in [6, 6.07) is 0. The highest BCUT2D eigenvalue weighted by Gasteiger charge is 1.97. The zero-order valence-corrected chi connectivity index (χ0v) is 14.8.